The quantitative estimate of drug-likeness (QED) is 0.335. The molecule has 0 bridgehead atoms. The Kier molecular flexibility index (Phi) is 7.41. The molecule has 0 aliphatic rings. The summed E-state index contributed by atoms with van der Waals surface area (Å²) in [4.78, 5) is 8.87. The van der Waals surface area contributed by atoms with Crippen molar-refractivity contribution < 1.29 is 0 Å². The van der Waals surface area contributed by atoms with Crippen LogP contribution >= 0.6 is 11.3 Å². The molecule has 6 nitrogen and oxygen atoms in total. The third-order valence-corrected chi connectivity index (χ3v) is 5.70. The molecule has 3 rings (SSSR count). The lowest BCUT2D eigenvalue weighted by Crippen LogP contribution is -2.37. The number of aromatic nitrogens is 3. The van der Waals surface area contributed by atoms with E-state index in [0.717, 1.165) is 54.5 Å². The van der Waals surface area contributed by atoms with Crippen molar-refractivity contribution in [1.29, 1.82) is 0 Å². The normalized spacial score (nSPS) is 11.7. The van der Waals surface area contributed by atoms with Gasteiger partial charge in [0.25, 0.3) is 0 Å². The molecular weight excluding hydrogens is 380 g/mol. The van der Waals surface area contributed by atoms with Crippen LogP contribution in [0.4, 0.5) is 0 Å². The van der Waals surface area contributed by atoms with E-state index in [4.69, 9.17) is 0 Å². The van der Waals surface area contributed by atoms with Gasteiger partial charge in [0, 0.05) is 36.9 Å². The SMILES string of the molecule is CN=C(NCCCCc1nc(C)cs1)NCc1ccccc1-n1nc(C)cc1C. The van der Waals surface area contributed by atoms with Gasteiger partial charge in [-0.05, 0) is 57.7 Å². The summed E-state index contributed by atoms with van der Waals surface area (Å²) in [5, 5.41) is 14.8. The van der Waals surface area contributed by atoms with E-state index in [1.54, 1.807) is 18.4 Å². The fourth-order valence-electron chi connectivity index (χ4n) is 3.26. The molecule has 0 saturated carbocycles. The van der Waals surface area contributed by atoms with Crippen LogP contribution in [0.2, 0.25) is 0 Å². The van der Waals surface area contributed by atoms with Crippen LogP contribution in [0.3, 0.4) is 0 Å². The van der Waals surface area contributed by atoms with Crippen molar-refractivity contribution in [1.82, 2.24) is 25.4 Å². The zero-order valence-corrected chi connectivity index (χ0v) is 18.5. The zero-order valence-electron chi connectivity index (χ0n) is 17.7. The van der Waals surface area contributed by atoms with Gasteiger partial charge in [0.15, 0.2) is 5.96 Å². The zero-order chi connectivity index (χ0) is 20.6. The molecular formula is C22H30N6S. The standard InChI is InChI=1S/C22H30N6S/c1-16-13-18(3)28(27-16)20-10-6-5-9-19(20)14-25-22(23-4)24-12-8-7-11-21-26-17(2)15-29-21/h5-6,9-10,13,15H,7-8,11-12,14H2,1-4H3,(H2,23,24,25). The van der Waals surface area contributed by atoms with E-state index in [2.05, 4.69) is 62.3 Å². The molecule has 2 heterocycles. The molecule has 2 N–H and O–H groups in total. The number of para-hydroxylation sites is 1. The van der Waals surface area contributed by atoms with Crippen molar-refractivity contribution in [3.63, 3.8) is 0 Å². The van der Waals surface area contributed by atoms with E-state index < -0.39 is 0 Å². The molecule has 0 unspecified atom stereocenters. The number of hydrogen-bond acceptors (Lipinski definition) is 4. The first-order chi connectivity index (χ1) is 14.1. The van der Waals surface area contributed by atoms with Crippen LogP contribution in [0, 0.1) is 20.8 Å². The van der Waals surface area contributed by atoms with Crippen molar-refractivity contribution in [2.45, 2.75) is 46.6 Å². The van der Waals surface area contributed by atoms with E-state index in [0.29, 0.717) is 6.54 Å². The average molecular weight is 411 g/mol. The number of thiazole rings is 1. The second-order valence-corrected chi connectivity index (χ2v) is 8.10. The highest BCUT2D eigenvalue weighted by Crippen LogP contribution is 2.17. The van der Waals surface area contributed by atoms with Crippen LogP contribution in [-0.4, -0.2) is 34.3 Å². The summed E-state index contributed by atoms with van der Waals surface area (Å²) in [6.45, 7) is 7.73. The van der Waals surface area contributed by atoms with Gasteiger partial charge in [-0.3, -0.25) is 4.99 Å². The highest BCUT2D eigenvalue weighted by molar-refractivity contribution is 7.09. The summed E-state index contributed by atoms with van der Waals surface area (Å²) in [5.41, 5.74) is 5.55. The van der Waals surface area contributed by atoms with E-state index in [1.807, 2.05) is 24.6 Å². The van der Waals surface area contributed by atoms with E-state index in [9.17, 15) is 0 Å². The fraction of sp³-hybridized carbons (Fsp3) is 0.409. The van der Waals surface area contributed by atoms with Crippen LogP contribution in [-0.2, 0) is 13.0 Å². The van der Waals surface area contributed by atoms with E-state index in [1.165, 1.54) is 10.6 Å². The number of nitrogens with one attached hydrogen (secondary N) is 2. The van der Waals surface area contributed by atoms with Gasteiger partial charge in [0.2, 0.25) is 0 Å². The largest absolute Gasteiger partial charge is 0.356 e. The van der Waals surface area contributed by atoms with Crippen LogP contribution in [0.1, 0.15) is 40.5 Å². The van der Waals surface area contributed by atoms with Gasteiger partial charge in [-0.15, -0.1) is 11.3 Å². The maximum absolute atomic E-state index is 4.62. The summed E-state index contributed by atoms with van der Waals surface area (Å²) in [5.74, 6) is 0.818. The Bertz CT molecular complexity index is 956. The number of hydrogen-bond donors (Lipinski definition) is 2. The maximum atomic E-state index is 4.62. The van der Waals surface area contributed by atoms with Gasteiger partial charge >= 0.3 is 0 Å². The summed E-state index contributed by atoms with van der Waals surface area (Å²) >= 11 is 1.75. The molecule has 0 aliphatic heterocycles. The van der Waals surface area contributed by atoms with Crippen molar-refractivity contribution in [2.24, 2.45) is 4.99 Å². The third kappa shape index (κ3) is 5.90. The van der Waals surface area contributed by atoms with Crippen molar-refractivity contribution >= 4 is 17.3 Å². The molecule has 3 aromatic rings. The molecule has 0 spiro atoms. The first kappa shape index (κ1) is 21.0. The first-order valence-corrected chi connectivity index (χ1v) is 10.9. The van der Waals surface area contributed by atoms with Crippen LogP contribution in [0.15, 0.2) is 40.7 Å². The molecule has 29 heavy (non-hydrogen) atoms. The Morgan fingerprint density at radius 1 is 1.10 bits per heavy atom. The van der Waals surface area contributed by atoms with Crippen molar-refractivity contribution in [2.75, 3.05) is 13.6 Å². The number of aryl methyl sites for hydroxylation is 4. The lowest BCUT2D eigenvalue weighted by Gasteiger charge is -2.15. The molecule has 0 aliphatic carbocycles. The summed E-state index contributed by atoms with van der Waals surface area (Å²) in [6.07, 6.45) is 3.25. The Labute approximate surface area is 177 Å². The monoisotopic (exact) mass is 410 g/mol. The number of guanidine groups is 1. The van der Waals surface area contributed by atoms with Crippen LogP contribution in [0.25, 0.3) is 5.69 Å². The third-order valence-electron chi connectivity index (χ3n) is 4.68. The Morgan fingerprint density at radius 2 is 1.93 bits per heavy atom. The molecule has 154 valence electrons. The average Bonchev–Trinajstić information content (AvgIpc) is 3.28. The summed E-state index contributed by atoms with van der Waals surface area (Å²) in [6, 6.07) is 10.4. The predicted octanol–water partition coefficient (Wildman–Crippen LogP) is 3.94. The van der Waals surface area contributed by atoms with Crippen LogP contribution < -0.4 is 10.6 Å². The van der Waals surface area contributed by atoms with E-state index in [-0.39, 0.29) is 0 Å². The minimum atomic E-state index is 0.687. The van der Waals surface area contributed by atoms with Gasteiger partial charge in [-0.1, -0.05) is 18.2 Å². The van der Waals surface area contributed by atoms with Gasteiger partial charge < -0.3 is 10.6 Å². The molecule has 0 fully saturated rings. The summed E-state index contributed by atoms with van der Waals surface area (Å²) in [7, 11) is 1.81. The number of benzene rings is 1. The Balaban J connectivity index is 1.49. The topological polar surface area (TPSA) is 67.1 Å². The second-order valence-electron chi connectivity index (χ2n) is 7.16. The van der Waals surface area contributed by atoms with Gasteiger partial charge in [-0.25, -0.2) is 9.67 Å². The molecule has 7 heteroatoms. The number of rotatable bonds is 8. The van der Waals surface area contributed by atoms with Gasteiger partial charge in [-0.2, -0.15) is 5.10 Å². The Morgan fingerprint density at radius 3 is 2.62 bits per heavy atom. The van der Waals surface area contributed by atoms with Gasteiger partial charge in [0.1, 0.15) is 0 Å². The predicted molar refractivity (Wildman–Crippen MR) is 121 cm³/mol. The molecule has 0 saturated heterocycles. The Hall–Kier alpha value is -2.67. The molecule has 2 aromatic heterocycles. The molecule has 0 atom stereocenters. The second kappa shape index (κ2) is 10.2. The smallest absolute Gasteiger partial charge is 0.191 e. The number of unbranched alkanes of at least 4 members (excludes halogenated alkanes) is 1. The molecule has 0 amide bonds. The van der Waals surface area contributed by atoms with Crippen LogP contribution in [0.5, 0.6) is 0 Å². The first-order valence-electron chi connectivity index (χ1n) is 10.0. The van der Waals surface area contributed by atoms with Gasteiger partial charge in [0.05, 0.1) is 16.4 Å². The lowest BCUT2D eigenvalue weighted by molar-refractivity contribution is 0.691. The highest BCUT2D eigenvalue weighted by atomic mass is 32.1. The lowest BCUT2D eigenvalue weighted by atomic mass is 10.1. The van der Waals surface area contributed by atoms with Crippen molar-refractivity contribution in [3.8, 4) is 5.69 Å². The molecule has 1 aromatic carbocycles. The number of aliphatic imine (C=N–C) groups is 1. The number of nitrogens with zero attached hydrogens (tertiary/aromatic N) is 4. The summed E-state index contributed by atoms with van der Waals surface area (Å²) < 4.78 is 2.00. The minimum Gasteiger partial charge on any atom is -0.356 e. The van der Waals surface area contributed by atoms with E-state index >= 15 is 0 Å². The maximum Gasteiger partial charge on any atom is 0.191 e. The molecule has 0 radical (unpaired) electrons. The minimum absolute atomic E-state index is 0.687. The van der Waals surface area contributed by atoms with Crippen molar-refractivity contribution in [3.05, 3.63) is 63.4 Å². The highest BCUT2D eigenvalue weighted by Gasteiger charge is 2.09. The fourth-order valence-corrected chi connectivity index (χ4v) is 4.08.